The smallest absolute Gasteiger partial charge is 0.222 e. The SMILES string of the molecule is CC(=O)N(CCC(=O)NC(C)(C)C)CCc1ccccc1. The van der Waals surface area contributed by atoms with Crippen LogP contribution in [0.4, 0.5) is 0 Å². The van der Waals surface area contributed by atoms with Gasteiger partial charge in [0, 0.05) is 32.0 Å². The molecule has 4 nitrogen and oxygen atoms in total. The van der Waals surface area contributed by atoms with Crippen molar-refractivity contribution in [3.05, 3.63) is 35.9 Å². The van der Waals surface area contributed by atoms with Crippen LogP contribution < -0.4 is 5.32 Å². The maximum atomic E-state index is 11.8. The maximum Gasteiger partial charge on any atom is 0.222 e. The van der Waals surface area contributed by atoms with Crippen molar-refractivity contribution in [3.63, 3.8) is 0 Å². The Balaban J connectivity index is 2.44. The van der Waals surface area contributed by atoms with Gasteiger partial charge in [0.1, 0.15) is 0 Å². The average Bonchev–Trinajstić information content (AvgIpc) is 2.37. The monoisotopic (exact) mass is 290 g/mol. The summed E-state index contributed by atoms with van der Waals surface area (Å²) in [7, 11) is 0. The second-order valence-corrected chi connectivity index (χ2v) is 6.29. The fourth-order valence-electron chi connectivity index (χ4n) is 2.05. The third-order valence-electron chi connectivity index (χ3n) is 3.08. The molecule has 0 aliphatic carbocycles. The van der Waals surface area contributed by atoms with Crippen molar-refractivity contribution in [1.29, 1.82) is 0 Å². The number of hydrogen-bond acceptors (Lipinski definition) is 2. The molecule has 4 heteroatoms. The second-order valence-electron chi connectivity index (χ2n) is 6.29. The molecule has 1 aromatic rings. The standard InChI is InChI=1S/C17H26N2O2/c1-14(20)19(12-10-15-8-6-5-7-9-15)13-11-16(21)18-17(2,3)4/h5-9H,10-13H2,1-4H3,(H,18,21). The van der Waals surface area contributed by atoms with Crippen molar-refractivity contribution in [2.24, 2.45) is 0 Å². The van der Waals surface area contributed by atoms with Crippen molar-refractivity contribution in [3.8, 4) is 0 Å². The van der Waals surface area contributed by atoms with Crippen LogP contribution in [0.5, 0.6) is 0 Å². The van der Waals surface area contributed by atoms with E-state index in [-0.39, 0.29) is 17.4 Å². The maximum absolute atomic E-state index is 11.8. The summed E-state index contributed by atoms with van der Waals surface area (Å²) in [6.45, 7) is 8.49. The van der Waals surface area contributed by atoms with Crippen LogP contribution in [-0.4, -0.2) is 35.3 Å². The minimum atomic E-state index is -0.234. The predicted molar refractivity (Wildman–Crippen MR) is 84.9 cm³/mol. The number of carbonyl (C=O) groups is 2. The van der Waals surface area contributed by atoms with Crippen molar-refractivity contribution in [2.75, 3.05) is 13.1 Å². The summed E-state index contributed by atoms with van der Waals surface area (Å²) in [6.07, 6.45) is 1.15. The van der Waals surface area contributed by atoms with Crippen LogP contribution in [-0.2, 0) is 16.0 Å². The average molecular weight is 290 g/mol. The van der Waals surface area contributed by atoms with Crippen LogP contribution in [0.1, 0.15) is 39.7 Å². The van der Waals surface area contributed by atoms with Crippen LogP contribution in [0.25, 0.3) is 0 Å². The number of nitrogens with one attached hydrogen (secondary N) is 1. The molecule has 1 N–H and O–H groups in total. The van der Waals surface area contributed by atoms with E-state index in [1.165, 1.54) is 5.56 Å². The molecular weight excluding hydrogens is 264 g/mol. The molecule has 116 valence electrons. The van der Waals surface area contributed by atoms with E-state index < -0.39 is 0 Å². The first-order chi connectivity index (χ1) is 9.78. The molecule has 0 aliphatic rings. The van der Waals surface area contributed by atoms with Crippen molar-refractivity contribution in [1.82, 2.24) is 10.2 Å². The van der Waals surface area contributed by atoms with Crippen molar-refractivity contribution >= 4 is 11.8 Å². The van der Waals surface area contributed by atoms with Gasteiger partial charge in [0.25, 0.3) is 0 Å². The van der Waals surface area contributed by atoms with E-state index in [9.17, 15) is 9.59 Å². The number of rotatable bonds is 6. The quantitative estimate of drug-likeness (QED) is 0.874. The van der Waals surface area contributed by atoms with E-state index in [1.807, 2.05) is 51.1 Å². The van der Waals surface area contributed by atoms with E-state index in [0.29, 0.717) is 19.5 Å². The molecule has 2 amide bonds. The van der Waals surface area contributed by atoms with Crippen LogP contribution >= 0.6 is 0 Å². The normalized spacial score (nSPS) is 11.0. The highest BCUT2D eigenvalue weighted by atomic mass is 16.2. The topological polar surface area (TPSA) is 49.4 Å². The Kier molecular flexibility index (Phi) is 6.40. The summed E-state index contributed by atoms with van der Waals surface area (Å²) in [5.41, 5.74) is 0.963. The third-order valence-corrected chi connectivity index (χ3v) is 3.08. The zero-order valence-corrected chi connectivity index (χ0v) is 13.5. The fraction of sp³-hybridized carbons (Fsp3) is 0.529. The van der Waals surface area contributed by atoms with E-state index in [2.05, 4.69) is 5.32 Å². The first-order valence-electron chi connectivity index (χ1n) is 7.38. The van der Waals surface area contributed by atoms with Gasteiger partial charge in [0.15, 0.2) is 0 Å². The summed E-state index contributed by atoms with van der Waals surface area (Å²) >= 11 is 0. The predicted octanol–water partition coefficient (Wildman–Crippen LogP) is 2.38. The molecule has 0 unspecified atom stereocenters. The van der Waals surface area contributed by atoms with Gasteiger partial charge < -0.3 is 10.2 Å². The number of hydrogen-bond donors (Lipinski definition) is 1. The Morgan fingerprint density at radius 1 is 1.10 bits per heavy atom. The van der Waals surface area contributed by atoms with Gasteiger partial charge in [0.2, 0.25) is 11.8 Å². The summed E-state index contributed by atoms with van der Waals surface area (Å²) < 4.78 is 0. The first-order valence-corrected chi connectivity index (χ1v) is 7.38. The van der Waals surface area contributed by atoms with Gasteiger partial charge in [-0.3, -0.25) is 9.59 Å². The lowest BCUT2D eigenvalue weighted by atomic mass is 10.1. The number of carbonyl (C=O) groups excluding carboxylic acids is 2. The Labute approximate surface area is 127 Å². The molecule has 1 rings (SSSR count). The van der Waals surface area contributed by atoms with E-state index in [0.717, 1.165) is 6.42 Å². The molecule has 0 heterocycles. The van der Waals surface area contributed by atoms with Gasteiger partial charge in [0.05, 0.1) is 0 Å². The molecular formula is C17H26N2O2. The van der Waals surface area contributed by atoms with Crippen LogP contribution in [0.2, 0.25) is 0 Å². The molecule has 0 radical (unpaired) electrons. The van der Waals surface area contributed by atoms with Gasteiger partial charge in [-0.05, 0) is 32.8 Å². The molecule has 21 heavy (non-hydrogen) atoms. The van der Waals surface area contributed by atoms with Crippen molar-refractivity contribution in [2.45, 2.75) is 46.1 Å². The Bertz CT molecular complexity index is 463. The third kappa shape index (κ3) is 7.49. The van der Waals surface area contributed by atoms with E-state index >= 15 is 0 Å². The number of benzene rings is 1. The Hall–Kier alpha value is -1.84. The van der Waals surface area contributed by atoms with Crippen LogP contribution in [0.3, 0.4) is 0 Å². The fourth-order valence-corrected chi connectivity index (χ4v) is 2.05. The van der Waals surface area contributed by atoms with Gasteiger partial charge in [-0.1, -0.05) is 30.3 Å². The highest BCUT2D eigenvalue weighted by molar-refractivity contribution is 5.78. The van der Waals surface area contributed by atoms with Crippen LogP contribution in [0, 0.1) is 0 Å². The Morgan fingerprint density at radius 2 is 1.71 bits per heavy atom. The lowest BCUT2D eigenvalue weighted by molar-refractivity contribution is -0.129. The summed E-state index contributed by atoms with van der Waals surface area (Å²) in [5, 5.41) is 2.91. The molecule has 0 saturated heterocycles. The number of nitrogens with zero attached hydrogens (tertiary/aromatic N) is 1. The van der Waals surface area contributed by atoms with E-state index in [4.69, 9.17) is 0 Å². The minimum absolute atomic E-state index is 0.00879. The summed E-state index contributed by atoms with van der Waals surface area (Å²) in [5.74, 6) is -0.0112. The van der Waals surface area contributed by atoms with Crippen LogP contribution in [0.15, 0.2) is 30.3 Å². The van der Waals surface area contributed by atoms with Gasteiger partial charge in [-0.15, -0.1) is 0 Å². The summed E-state index contributed by atoms with van der Waals surface area (Å²) in [4.78, 5) is 25.2. The lowest BCUT2D eigenvalue weighted by Gasteiger charge is -2.24. The molecule has 1 aromatic carbocycles. The highest BCUT2D eigenvalue weighted by Crippen LogP contribution is 2.04. The molecule has 0 aromatic heterocycles. The lowest BCUT2D eigenvalue weighted by Crippen LogP contribution is -2.42. The minimum Gasteiger partial charge on any atom is -0.351 e. The second kappa shape index (κ2) is 7.81. The zero-order valence-electron chi connectivity index (χ0n) is 13.5. The molecule has 0 saturated carbocycles. The summed E-state index contributed by atoms with van der Waals surface area (Å²) in [6, 6.07) is 10.0. The molecule has 0 bridgehead atoms. The zero-order chi connectivity index (χ0) is 15.9. The number of amides is 2. The molecule has 0 aliphatic heterocycles. The largest absolute Gasteiger partial charge is 0.351 e. The van der Waals surface area contributed by atoms with Gasteiger partial charge in [-0.25, -0.2) is 0 Å². The molecule has 0 spiro atoms. The van der Waals surface area contributed by atoms with Gasteiger partial charge in [-0.2, -0.15) is 0 Å². The van der Waals surface area contributed by atoms with Gasteiger partial charge >= 0.3 is 0 Å². The molecule has 0 fully saturated rings. The van der Waals surface area contributed by atoms with Crippen molar-refractivity contribution < 1.29 is 9.59 Å². The first kappa shape index (κ1) is 17.2. The highest BCUT2D eigenvalue weighted by Gasteiger charge is 2.15. The van der Waals surface area contributed by atoms with E-state index in [1.54, 1.807) is 11.8 Å². The molecule has 0 atom stereocenters. The Morgan fingerprint density at radius 3 is 2.24 bits per heavy atom.